The molecule has 0 aliphatic rings. The maximum Gasteiger partial charge on any atom is 0.387 e. The average molecular weight is 699 g/mol. The normalized spacial score (nSPS) is 11.9. The third kappa shape index (κ3) is 8.26. The van der Waals surface area contributed by atoms with Crippen molar-refractivity contribution in [2.45, 2.75) is 60.2 Å². The number of thiophene rings is 1. The van der Waals surface area contributed by atoms with Gasteiger partial charge in [0.2, 0.25) is 0 Å². The lowest BCUT2D eigenvalue weighted by molar-refractivity contribution is -0.938. The number of ether oxygens (including phenoxy) is 1. The highest BCUT2D eigenvalue weighted by molar-refractivity contribution is 7.22. The van der Waals surface area contributed by atoms with E-state index in [2.05, 4.69) is 70.2 Å². The largest absolute Gasteiger partial charge is 0.434 e. The number of aryl methyl sites for hydroxylation is 2. The van der Waals surface area contributed by atoms with Crippen LogP contribution >= 0.6 is 34.5 Å². The number of unbranched alkanes of at least 4 members (excludes halogenated alkanes) is 1. The van der Waals surface area contributed by atoms with Crippen molar-refractivity contribution < 1.29 is 22.8 Å². The predicted octanol–water partition coefficient (Wildman–Crippen LogP) is 11.1. The second-order valence-corrected chi connectivity index (χ2v) is 14.1. The topological polar surface area (TPSA) is 29.5 Å². The van der Waals surface area contributed by atoms with Crippen LogP contribution < -0.4 is 4.74 Å². The van der Waals surface area contributed by atoms with Crippen molar-refractivity contribution >= 4 is 61.3 Å². The van der Waals surface area contributed by atoms with E-state index in [1.54, 1.807) is 0 Å². The van der Waals surface area contributed by atoms with Crippen molar-refractivity contribution in [3.8, 4) is 5.75 Å². The highest BCUT2D eigenvalue weighted by Gasteiger charge is 2.28. The van der Waals surface area contributed by atoms with Crippen LogP contribution in [-0.4, -0.2) is 48.1 Å². The zero-order valence-corrected chi connectivity index (χ0v) is 29.6. The Balaban J connectivity index is 1.40. The number of nitrogens with zero attached hydrogens (tertiary/aromatic N) is 2. The molecule has 0 radical (unpaired) electrons. The Morgan fingerprint density at radius 3 is 2.28 bits per heavy atom. The summed E-state index contributed by atoms with van der Waals surface area (Å²) in [5, 5.41) is 2.86. The monoisotopic (exact) mass is 697 g/mol. The third-order valence-corrected chi connectivity index (χ3v) is 11.2. The van der Waals surface area contributed by atoms with Gasteiger partial charge in [0.1, 0.15) is 17.2 Å². The summed E-state index contributed by atoms with van der Waals surface area (Å²) in [6, 6.07) is 24.0. The van der Waals surface area contributed by atoms with E-state index in [4.69, 9.17) is 27.9 Å². The fourth-order valence-electron chi connectivity index (χ4n) is 6.53. The van der Waals surface area contributed by atoms with Crippen molar-refractivity contribution in [1.82, 2.24) is 4.90 Å². The molecule has 0 atom stereocenters. The van der Waals surface area contributed by atoms with Gasteiger partial charge in [0.05, 0.1) is 39.8 Å². The molecule has 47 heavy (non-hydrogen) atoms. The molecule has 0 saturated heterocycles. The highest BCUT2D eigenvalue weighted by Crippen LogP contribution is 2.45. The van der Waals surface area contributed by atoms with Gasteiger partial charge in [-0.1, -0.05) is 88.9 Å². The predicted molar refractivity (Wildman–Crippen MR) is 192 cm³/mol. The van der Waals surface area contributed by atoms with Crippen LogP contribution in [0.5, 0.6) is 5.75 Å². The van der Waals surface area contributed by atoms with E-state index in [-0.39, 0.29) is 26.9 Å². The first-order chi connectivity index (χ1) is 22.5. The van der Waals surface area contributed by atoms with E-state index in [1.807, 2.05) is 23.1 Å². The molecule has 0 aliphatic heterocycles. The number of alkyl halides is 2. The number of hydrogen-bond donors (Lipinski definition) is 0. The van der Waals surface area contributed by atoms with Gasteiger partial charge in [0.25, 0.3) is 5.91 Å². The molecule has 4 aromatic carbocycles. The number of carbonyl (C=O) groups is 1. The maximum absolute atomic E-state index is 14.3. The number of rotatable bonds is 14. The number of hydrogen-bond acceptors (Lipinski definition) is 3. The zero-order valence-electron chi connectivity index (χ0n) is 27.3. The summed E-state index contributed by atoms with van der Waals surface area (Å²) in [6.07, 6.45) is 1.74. The van der Waals surface area contributed by atoms with E-state index in [0.717, 1.165) is 71.2 Å². The van der Waals surface area contributed by atoms with Gasteiger partial charge in [-0.15, -0.1) is 11.3 Å². The summed E-state index contributed by atoms with van der Waals surface area (Å²) >= 11 is 14.3. The lowest BCUT2D eigenvalue weighted by Crippen LogP contribution is -2.47. The Labute approximate surface area is 290 Å². The van der Waals surface area contributed by atoms with Gasteiger partial charge in [0, 0.05) is 18.7 Å². The number of benzene rings is 4. The molecular formula is C38H41Cl2F2N2O2S+. The molecule has 1 aromatic heterocycles. The van der Waals surface area contributed by atoms with Crippen molar-refractivity contribution in [3.05, 3.63) is 110 Å². The van der Waals surface area contributed by atoms with Gasteiger partial charge in [-0.25, -0.2) is 0 Å². The number of carbonyl (C=O) groups excluding carboxylic acids is 1. The summed E-state index contributed by atoms with van der Waals surface area (Å²) in [6.45, 7) is 10.7. The minimum absolute atomic E-state index is 0.0813. The van der Waals surface area contributed by atoms with Crippen molar-refractivity contribution in [3.63, 3.8) is 0 Å². The molecule has 0 spiro atoms. The van der Waals surface area contributed by atoms with Gasteiger partial charge < -0.3 is 14.1 Å². The summed E-state index contributed by atoms with van der Waals surface area (Å²) in [5.74, 6) is -0.358. The van der Waals surface area contributed by atoms with Crippen LogP contribution in [0.1, 0.15) is 58.6 Å². The van der Waals surface area contributed by atoms with Crippen molar-refractivity contribution in [2.75, 3.05) is 26.2 Å². The molecule has 4 nitrogen and oxygen atoms in total. The van der Waals surface area contributed by atoms with Crippen LogP contribution in [0, 0.1) is 13.8 Å². The van der Waals surface area contributed by atoms with Gasteiger partial charge in [-0.2, -0.15) is 8.78 Å². The Morgan fingerprint density at radius 2 is 1.60 bits per heavy atom. The molecule has 5 aromatic rings. The second kappa shape index (κ2) is 15.3. The molecule has 0 unspecified atom stereocenters. The molecule has 0 N–H and O–H groups in total. The summed E-state index contributed by atoms with van der Waals surface area (Å²) in [5.41, 5.74) is 4.91. The molecule has 0 saturated carbocycles. The van der Waals surface area contributed by atoms with Crippen LogP contribution in [-0.2, 0) is 13.1 Å². The first kappa shape index (κ1) is 35.1. The Bertz CT molecular complexity index is 1850. The number of quaternary nitrogens is 1. The Kier molecular flexibility index (Phi) is 11.4. The average Bonchev–Trinajstić information content (AvgIpc) is 3.40. The van der Waals surface area contributed by atoms with Crippen molar-refractivity contribution in [1.29, 1.82) is 0 Å². The van der Waals surface area contributed by atoms with Crippen LogP contribution in [0.15, 0.2) is 72.8 Å². The SMILES string of the molecule is CC[N+](CC)(CCCCN(Cc1ccc2ccccc2c1)C(=O)c1sc2c(Cl)ccc(OC(F)F)c2c1Cl)Cc1cc(C)cc(C)c1. The smallest absolute Gasteiger partial charge is 0.387 e. The molecule has 5 rings (SSSR count). The quantitative estimate of drug-likeness (QED) is 0.0854. The summed E-state index contributed by atoms with van der Waals surface area (Å²) < 4.78 is 32.6. The molecule has 248 valence electrons. The van der Waals surface area contributed by atoms with Gasteiger partial charge in [-0.3, -0.25) is 4.79 Å². The van der Waals surface area contributed by atoms with Crippen LogP contribution in [0.3, 0.4) is 0 Å². The van der Waals surface area contributed by atoms with E-state index >= 15 is 0 Å². The van der Waals surface area contributed by atoms with Gasteiger partial charge >= 0.3 is 6.61 Å². The second-order valence-electron chi connectivity index (χ2n) is 12.3. The Hall–Kier alpha value is -3.23. The van der Waals surface area contributed by atoms with Crippen LogP contribution in [0.2, 0.25) is 10.0 Å². The zero-order chi connectivity index (χ0) is 33.7. The number of halogens is 4. The van der Waals surface area contributed by atoms with Gasteiger partial charge in [-0.05, 0) is 75.1 Å². The summed E-state index contributed by atoms with van der Waals surface area (Å²) in [4.78, 5) is 16.4. The van der Waals surface area contributed by atoms with Gasteiger partial charge in [0.15, 0.2) is 0 Å². The van der Waals surface area contributed by atoms with E-state index in [9.17, 15) is 13.6 Å². The standard InChI is InChI=1S/C38H41Cl2F2N2O2S/c1-5-44(6-2,24-28-20-25(3)19-26(4)21-28)18-10-9-17-43(23-27-13-14-29-11-7-8-12-30(29)22-27)37(45)36-34(40)33-32(46-38(41)42)16-15-31(39)35(33)47-36/h7-8,11-16,19-22,38H,5-6,9-10,17-18,23-24H2,1-4H3/q+1. The van der Waals surface area contributed by atoms with E-state index < -0.39 is 6.61 Å². The lowest BCUT2D eigenvalue weighted by atomic mass is 10.1. The highest BCUT2D eigenvalue weighted by atomic mass is 35.5. The summed E-state index contributed by atoms with van der Waals surface area (Å²) in [7, 11) is 0. The molecule has 1 amide bonds. The molecule has 0 fully saturated rings. The number of amides is 1. The minimum atomic E-state index is -3.04. The fourth-order valence-corrected chi connectivity index (χ4v) is 8.33. The van der Waals surface area contributed by atoms with Crippen LogP contribution in [0.4, 0.5) is 8.78 Å². The van der Waals surface area contributed by atoms with E-state index in [0.29, 0.717) is 22.8 Å². The molecular weight excluding hydrogens is 657 g/mol. The molecule has 9 heteroatoms. The third-order valence-electron chi connectivity index (χ3n) is 9.03. The molecule has 0 aliphatic carbocycles. The first-order valence-electron chi connectivity index (χ1n) is 16.1. The van der Waals surface area contributed by atoms with E-state index in [1.165, 1.54) is 28.8 Å². The lowest BCUT2D eigenvalue weighted by Gasteiger charge is -2.37. The molecule has 1 heterocycles. The number of fused-ring (bicyclic) bond motifs is 2. The minimum Gasteiger partial charge on any atom is -0.434 e. The fraction of sp³-hybridized carbons (Fsp3) is 0.342. The van der Waals surface area contributed by atoms with Crippen LogP contribution in [0.25, 0.3) is 20.9 Å². The van der Waals surface area contributed by atoms with Crippen molar-refractivity contribution in [2.24, 2.45) is 0 Å². The molecule has 0 bridgehead atoms. The maximum atomic E-state index is 14.3. The first-order valence-corrected chi connectivity index (χ1v) is 17.6. The Morgan fingerprint density at radius 1 is 0.894 bits per heavy atom.